The third-order valence-electron chi connectivity index (χ3n) is 4.34. The molecule has 1 aliphatic heterocycles. The predicted molar refractivity (Wildman–Crippen MR) is 93.1 cm³/mol. The van der Waals surface area contributed by atoms with Gasteiger partial charge in [-0.15, -0.1) is 11.3 Å². The molecule has 0 radical (unpaired) electrons. The topological polar surface area (TPSA) is 79.9 Å². The normalized spacial score (nSPS) is 18.8. The van der Waals surface area contributed by atoms with Crippen LogP contribution in [-0.4, -0.2) is 33.5 Å². The number of hydrogen-bond donors (Lipinski definition) is 2. The Balaban J connectivity index is 1.68. The molecule has 2 atom stereocenters. The third-order valence-corrected chi connectivity index (χ3v) is 5.36. The van der Waals surface area contributed by atoms with E-state index >= 15 is 0 Å². The molecule has 1 amide bonds. The number of nitrogens with zero attached hydrogens (tertiary/aromatic N) is 2. The van der Waals surface area contributed by atoms with Gasteiger partial charge < -0.3 is 15.0 Å². The molecule has 4 heterocycles. The molecule has 3 aromatic heterocycles. The lowest BCUT2D eigenvalue weighted by molar-refractivity contribution is -0.119. The summed E-state index contributed by atoms with van der Waals surface area (Å²) in [6.07, 6.45) is 2.03. The molecule has 1 fully saturated rings. The Kier molecular flexibility index (Phi) is 3.72. The molecule has 0 saturated carbocycles. The van der Waals surface area contributed by atoms with Crippen LogP contribution in [0.1, 0.15) is 18.2 Å². The molecular formula is C17H18N4O2S. The van der Waals surface area contributed by atoms with Gasteiger partial charge in [0.25, 0.3) is 0 Å². The maximum atomic E-state index is 11.4. The molecule has 6 nitrogen and oxygen atoms in total. The summed E-state index contributed by atoms with van der Waals surface area (Å²) in [6, 6.07) is 6.14. The number of thiophene rings is 1. The predicted octanol–water partition coefficient (Wildman–Crippen LogP) is 2.90. The first-order valence-electron chi connectivity index (χ1n) is 7.94. The van der Waals surface area contributed by atoms with Crippen molar-refractivity contribution in [3.63, 3.8) is 0 Å². The second-order valence-electron chi connectivity index (χ2n) is 6.11. The molecule has 0 bridgehead atoms. The Morgan fingerprint density at radius 1 is 1.42 bits per heavy atom. The summed E-state index contributed by atoms with van der Waals surface area (Å²) in [7, 11) is 0. The summed E-state index contributed by atoms with van der Waals surface area (Å²) in [5.74, 6) is 0.749. The quantitative estimate of drug-likeness (QED) is 0.764. The van der Waals surface area contributed by atoms with Gasteiger partial charge >= 0.3 is 0 Å². The van der Waals surface area contributed by atoms with Crippen molar-refractivity contribution in [3.05, 3.63) is 29.4 Å². The highest BCUT2D eigenvalue weighted by molar-refractivity contribution is 7.15. The van der Waals surface area contributed by atoms with Gasteiger partial charge in [-0.05, 0) is 32.0 Å². The number of rotatable bonds is 4. The maximum absolute atomic E-state index is 11.4. The van der Waals surface area contributed by atoms with Crippen LogP contribution < -0.4 is 10.1 Å². The Hall–Kier alpha value is -2.41. The average Bonchev–Trinajstić information content (AvgIpc) is 3.27. The van der Waals surface area contributed by atoms with Crippen LogP contribution in [0.4, 0.5) is 0 Å². The monoisotopic (exact) mass is 342 g/mol. The molecule has 3 aromatic rings. The largest absolute Gasteiger partial charge is 0.473 e. The van der Waals surface area contributed by atoms with Crippen LogP contribution in [0.15, 0.2) is 24.5 Å². The van der Waals surface area contributed by atoms with E-state index in [9.17, 15) is 4.79 Å². The second-order valence-corrected chi connectivity index (χ2v) is 7.40. The number of nitrogens with one attached hydrogen (secondary N) is 2. The highest BCUT2D eigenvalue weighted by Gasteiger charge is 2.29. The lowest BCUT2D eigenvalue weighted by Gasteiger charge is -2.19. The molecule has 0 unspecified atom stereocenters. The van der Waals surface area contributed by atoms with Crippen molar-refractivity contribution < 1.29 is 9.53 Å². The number of ether oxygens (including phenoxy) is 1. The minimum atomic E-state index is -0.114. The van der Waals surface area contributed by atoms with Gasteiger partial charge in [0.2, 0.25) is 11.8 Å². The average molecular weight is 342 g/mol. The summed E-state index contributed by atoms with van der Waals surface area (Å²) >= 11 is 1.70. The first-order chi connectivity index (χ1) is 11.6. The number of H-pyrrole nitrogens is 1. The van der Waals surface area contributed by atoms with E-state index < -0.39 is 0 Å². The van der Waals surface area contributed by atoms with Gasteiger partial charge in [-0.3, -0.25) is 4.79 Å². The van der Waals surface area contributed by atoms with Crippen LogP contribution in [-0.2, 0) is 4.79 Å². The second kappa shape index (κ2) is 5.90. The van der Waals surface area contributed by atoms with Gasteiger partial charge in [-0.1, -0.05) is 0 Å². The summed E-state index contributed by atoms with van der Waals surface area (Å²) in [6.45, 7) is 4.70. The number of imidazole rings is 1. The highest BCUT2D eigenvalue weighted by atomic mass is 32.1. The van der Waals surface area contributed by atoms with Gasteiger partial charge in [0.15, 0.2) is 5.52 Å². The van der Waals surface area contributed by atoms with Crippen molar-refractivity contribution in [2.24, 2.45) is 5.92 Å². The molecule has 124 valence electrons. The number of aromatic nitrogens is 3. The number of fused-ring (bicyclic) bond motifs is 1. The summed E-state index contributed by atoms with van der Waals surface area (Å²) in [5.41, 5.74) is 2.48. The number of carbonyl (C=O) groups excluding carboxylic acids is 1. The molecule has 1 saturated heterocycles. The number of amides is 1. The van der Waals surface area contributed by atoms with Crippen molar-refractivity contribution in [1.29, 1.82) is 0 Å². The van der Waals surface area contributed by atoms with E-state index in [4.69, 9.17) is 4.74 Å². The smallest absolute Gasteiger partial charge is 0.243 e. The van der Waals surface area contributed by atoms with Crippen LogP contribution in [0.2, 0.25) is 0 Å². The molecule has 4 rings (SSSR count). The fraction of sp³-hybridized carbons (Fsp3) is 0.353. The molecule has 0 aliphatic carbocycles. The maximum Gasteiger partial charge on any atom is 0.243 e. The summed E-state index contributed by atoms with van der Waals surface area (Å²) in [4.78, 5) is 25.9. The summed E-state index contributed by atoms with van der Waals surface area (Å²) < 4.78 is 6.11. The molecule has 7 heteroatoms. The van der Waals surface area contributed by atoms with E-state index in [1.807, 2.05) is 13.0 Å². The number of pyridine rings is 1. The van der Waals surface area contributed by atoms with Crippen molar-refractivity contribution >= 4 is 28.3 Å². The van der Waals surface area contributed by atoms with E-state index in [0.717, 1.165) is 21.6 Å². The molecular weight excluding hydrogens is 324 g/mol. The molecule has 0 spiro atoms. The lowest BCUT2D eigenvalue weighted by Crippen LogP contribution is -2.26. The molecule has 0 aromatic carbocycles. The molecule has 1 aliphatic rings. The van der Waals surface area contributed by atoms with Crippen molar-refractivity contribution in [3.8, 4) is 16.5 Å². The fourth-order valence-corrected chi connectivity index (χ4v) is 3.76. The van der Waals surface area contributed by atoms with Gasteiger partial charge in [-0.25, -0.2) is 9.97 Å². The van der Waals surface area contributed by atoms with Crippen LogP contribution in [0.5, 0.6) is 5.88 Å². The van der Waals surface area contributed by atoms with Crippen molar-refractivity contribution in [2.45, 2.75) is 26.4 Å². The Morgan fingerprint density at radius 3 is 3.00 bits per heavy atom. The number of aryl methyl sites for hydroxylation is 1. The van der Waals surface area contributed by atoms with Gasteiger partial charge in [-0.2, -0.15) is 0 Å². The fourth-order valence-electron chi connectivity index (χ4n) is 2.93. The van der Waals surface area contributed by atoms with E-state index in [1.54, 1.807) is 17.7 Å². The van der Waals surface area contributed by atoms with Crippen molar-refractivity contribution in [1.82, 2.24) is 20.3 Å². The zero-order valence-corrected chi connectivity index (χ0v) is 14.3. The standard InChI is InChI=1S/C17H18N4O2S/c1-9-3-4-14(24-9)12-6-13-16(20-8-19-13)17(21-12)23-10(2)11-5-15(22)18-7-11/h3-4,6,8,10-11H,5,7H2,1-2H3,(H,18,22)(H,19,20)/t10-,11-/m1/s1. The minimum absolute atomic E-state index is 0.0798. The van der Waals surface area contributed by atoms with Crippen LogP contribution in [0.3, 0.4) is 0 Å². The molecule has 2 N–H and O–H groups in total. The van der Waals surface area contributed by atoms with Crippen LogP contribution in [0.25, 0.3) is 21.6 Å². The van der Waals surface area contributed by atoms with E-state index in [1.165, 1.54) is 4.88 Å². The van der Waals surface area contributed by atoms with Gasteiger partial charge in [0, 0.05) is 23.8 Å². The molecule has 24 heavy (non-hydrogen) atoms. The zero-order valence-electron chi connectivity index (χ0n) is 13.5. The van der Waals surface area contributed by atoms with Gasteiger partial charge in [0.1, 0.15) is 6.10 Å². The van der Waals surface area contributed by atoms with Crippen LogP contribution in [0, 0.1) is 12.8 Å². The highest BCUT2D eigenvalue weighted by Crippen LogP contribution is 2.32. The Bertz CT molecular complexity index is 901. The van der Waals surface area contributed by atoms with Gasteiger partial charge in [0.05, 0.1) is 22.4 Å². The van der Waals surface area contributed by atoms with Crippen LogP contribution >= 0.6 is 11.3 Å². The van der Waals surface area contributed by atoms with E-state index in [2.05, 4.69) is 39.3 Å². The lowest BCUT2D eigenvalue weighted by atomic mass is 10.0. The van der Waals surface area contributed by atoms with Crippen molar-refractivity contribution in [2.75, 3.05) is 6.54 Å². The third kappa shape index (κ3) is 2.75. The number of aromatic amines is 1. The van der Waals surface area contributed by atoms with E-state index in [-0.39, 0.29) is 17.9 Å². The minimum Gasteiger partial charge on any atom is -0.473 e. The zero-order chi connectivity index (χ0) is 16.7. The van der Waals surface area contributed by atoms with E-state index in [0.29, 0.717) is 18.8 Å². The first-order valence-corrected chi connectivity index (χ1v) is 8.76. The SMILES string of the molecule is Cc1ccc(-c2cc3[nH]cnc3c(O[C@H](C)[C@H]3CNC(=O)C3)n2)s1. The summed E-state index contributed by atoms with van der Waals surface area (Å²) in [5, 5.41) is 2.85. The number of hydrogen-bond acceptors (Lipinski definition) is 5. The Labute approximate surface area is 143 Å². The first kappa shape index (κ1) is 15.1. The Morgan fingerprint density at radius 2 is 2.29 bits per heavy atom. The number of carbonyl (C=O) groups is 1.